The molecule has 1 saturated heterocycles. The highest BCUT2D eigenvalue weighted by Crippen LogP contribution is 2.30. The highest BCUT2D eigenvalue weighted by atomic mass is 16.2. The second-order valence-corrected chi connectivity index (χ2v) is 14.2. The molecule has 3 unspecified atom stereocenters. The summed E-state index contributed by atoms with van der Waals surface area (Å²) in [5.41, 5.74) is 7.09. The average Bonchev–Trinajstić information content (AvgIpc) is 2.97. The molecule has 3 rings (SSSR count). The molecule has 1 aliphatic heterocycles. The van der Waals surface area contributed by atoms with E-state index in [1.54, 1.807) is 0 Å². The van der Waals surface area contributed by atoms with Crippen LogP contribution in [-0.4, -0.2) is 65.9 Å². The van der Waals surface area contributed by atoms with Gasteiger partial charge in [-0.1, -0.05) is 71.0 Å². The smallest absolute Gasteiger partial charge is 0.241 e. The maximum Gasteiger partial charge on any atom is 0.241 e. The summed E-state index contributed by atoms with van der Waals surface area (Å²) in [5.74, 6) is 1.26. The Morgan fingerprint density at radius 3 is 2.20 bits per heavy atom. The third kappa shape index (κ3) is 9.26. The summed E-state index contributed by atoms with van der Waals surface area (Å²) in [5, 5.41) is 3.36. The number of benzene rings is 2. The lowest BCUT2D eigenvalue weighted by Gasteiger charge is -2.41. The van der Waals surface area contributed by atoms with Gasteiger partial charge in [-0.05, 0) is 112 Å². The Balaban J connectivity index is 1.65. The first-order valence-corrected chi connectivity index (χ1v) is 17.5. The standard InChI is InChI=1S/C39H61N3O2/c1-10-24-42(11-2,27-33(43)26-36-30(7)17-14-20-34(36)28(3)4)25-13-12-23-41-32(9)19-16-22-37(41)39(44)40-38-31(8)18-15-21-35(38)29(5)6/h14-15,17-18,20-21,28-29,32,37H,10-13,16,19,22-27H2,1-9H3/p+1. The van der Waals surface area contributed by atoms with Crippen molar-refractivity contribution in [2.45, 2.75) is 131 Å². The largest absolute Gasteiger partial charge is 0.324 e. The van der Waals surface area contributed by atoms with Gasteiger partial charge in [-0.15, -0.1) is 0 Å². The van der Waals surface area contributed by atoms with E-state index in [0.717, 1.165) is 80.4 Å². The van der Waals surface area contributed by atoms with Gasteiger partial charge in [-0.3, -0.25) is 14.5 Å². The second-order valence-electron chi connectivity index (χ2n) is 14.2. The Kier molecular flexibility index (Phi) is 13.7. The fraction of sp³-hybridized carbons (Fsp3) is 0.641. The number of carbonyl (C=O) groups excluding carboxylic acids is 2. The van der Waals surface area contributed by atoms with Crippen molar-refractivity contribution in [2.24, 2.45) is 0 Å². The minimum Gasteiger partial charge on any atom is -0.324 e. The van der Waals surface area contributed by atoms with Gasteiger partial charge < -0.3 is 9.80 Å². The summed E-state index contributed by atoms with van der Waals surface area (Å²) < 4.78 is 0.864. The van der Waals surface area contributed by atoms with Crippen molar-refractivity contribution in [1.29, 1.82) is 0 Å². The van der Waals surface area contributed by atoms with Crippen LogP contribution in [0.4, 0.5) is 5.69 Å². The zero-order chi connectivity index (χ0) is 32.4. The van der Waals surface area contributed by atoms with E-state index in [0.29, 0.717) is 36.6 Å². The summed E-state index contributed by atoms with van der Waals surface area (Å²) in [6.07, 6.45) is 6.86. The minimum atomic E-state index is -0.0923. The number of ketones is 1. The van der Waals surface area contributed by atoms with Crippen LogP contribution in [0.1, 0.15) is 127 Å². The maximum absolute atomic E-state index is 13.7. The number of nitrogens with one attached hydrogen (secondary N) is 1. The molecule has 1 N–H and O–H groups in total. The minimum absolute atomic E-state index is 0.0923. The molecule has 2 aromatic rings. The fourth-order valence-electron chi connectivity index (χ4n) is 7.50. The van der Waals surface area contributed by atoms with Crippen LogP contribution < -0.4 is 5.32 Å². The summed E-state index contributed by atoms with van der Waals surface area (Å²) in [6.45, 7) is 24.4. The Morgan fingerprint density at radius 2 is 1.57 bits per heavy atom. The number of para-hydroxylation sites is 1. The number of likely N-dealkylation sites (N-methyl/N-ethyl adjacent to an activating group) is 1. The van der Waals surface area contributed by atoms with Gasteiger partial charge in [0.2, 0.25) is 5.91 Å². The lowest BCUT2D eigenvalue weighted by Crippen LogP contribution is -2.53. The highest BCUT2D eigenvalue weighted by molar-refractivity contribution is 5.96. The average molecular weight is 605 g/mol. The molecule has 2 aromatic carbocycles. The van der Waals surface area contributed by atoms with E-state index in [2.05, 4.69) is 109 Å². The van der Waals surface area contributed by atoms with E-state index in [1.807, 2.05) is 0 Å². The zero-order valence-electron chi connectivity index (χ0n) is 29.5. The number of amides is 1. The molecular weight excluding hydrogens is 542 g/mol. The normalized spacial score (nSPS) is 18.9. The van der Waals surface area contributed by atoms with Crippen LogP contribution in [0.5, 0.6) is 0 Å². The lowest BCUT2D eigenvalue weighted by molar-refractivity contribution is -0.919. The molecule has 1 aliphatic rings. The molecule has 3 atom stereocenters. The van der Waals surface area contributed by atoms with Crippen molar-refractivity contribution < 1.29 is 14.1 Å². The predicted molar refractivity (Wildman–Crippen MR) is 187 cm³/mol. The summed E-state index contributed by atoms with van der Waals surface area (Å²) in [7, 11) is 0. The van der Waals surface area contributed by atoms with E-state index in [9.17, 15) is 9.59 Å². The molecule has 44 heavy (non-hydrogen) atoms. The van der Waals surface area contributed by atoms with Gasteiger partial charge in [0.25, 0.3) is 0 Å². The summed E-state index contributed by atoms with van der Waals surface area (Å²) >= 11 is 0. The molecule has 0 aromatic heterocycles. The molecule has 0 spiro atoms. The second kappa shape index (κ2) is 16.7. The molecule has 0 bridgehead atoms. The van der Waals surface area contributed by atoms with Crippen LogP contribution in [0.15, 0.2) is 36.4 Å². The molecule has 0 radical (unpaired) electrons. The first-order valence-electron chi connectivity index (χ1n) is 17.5. The lowest BCUT2D eigenvalue weighted by atomic mass is 9.90. The van der Waals surface area contributed by atoms with Gasteiger partial charge in [0.15, 0.2) is 5.78 Å². The fourth-order valence-corrected chi connectivity index (χ4v) is 7.50. The van der Waals surface area contributed by atoms with E-state index in [-0.39, 0.29) is 11.9 Å². The number of aryl methyl sites for hydroxylation is 2. The van der Waals surface area contributed by atoms with E-state index in [4.69, 9.17) is 0 Å². The number of anilines is 1. The van der Waals surface area contributed by atoms with Crippen LogP contribution in [0.25, 0.3) is 0 Å². The van der Waals surface area contributed by atoms with E-state index < -0.39 is 0 Å². The van der Waals surface area contributed by atoms with Gasteiger partial charge in [0, 0.05) is 18.2 Å². The van der Waals surface area contributed by atoms with Crippen molar-refractivity contribution in [3.05, 3.63) is 64.2 Å². The Bertz CT molecular complexity index is 1240. The number of rotatable bonds is 16. The number of nitrogens with zero attached hydrogens (tertiary/aromatic N) is 2. The topological polar surface area (TPSA) is 49.4 Å². The van der Waals surface area contributed by atoms with Gasteiger partial charge in [-0.25, -0.2) is 0 Å². The van der Waals surface area contributed by atoms with Crippen LogP contribution in [0.3, 0.4) is 0 Å². The molecule has 1 fully saturated rings. The number of hydrogen-bond donors (Lipinski definition) is 1. The van der Waals surface area contributed by atoms with Crippen LogP contribution in [0, 0.1) is 13.8 Å². The Morgan fingerprint density at radius 1 is 0.909 bits per heavy atom. The number of quaternary nitrogens is 1. The number of Topliss-reactive ketones (excluding diaryl/α,β-unsaturated/α-hetero) is 1. The van der Waals surface area contributed by atoms with Crippen LogP contribution >= 0.6 is 0 Å². The number of piperidine rings is 1. The van der Waals surface area contributed by atoms with Crippen molar-refractivity contribution in [1.82, 2.24) is 4.90 Å². The number of carbonyl (C=O) groups is 2. The third-order valence-electron chi connectivity index (χ3n) is 10.2. The molecule has 1 amide bonds. The Hall–Kier alpha value is -2.50. The molecule has 0 aliphatic carbocycles. The van der Waals surface area contributed by atoms with Gasteiger partial charge in [-0.2, -0.15) is 0 Å². The van der Waals surface area contributed by atoms with Gasteiger partial charge >= 0.3 is 0 Å². The monoisotopic (exact) mass is 604 g/mol. The van der Waals surface area contributed by atoms with Crippen LogP contribution in [-0.2, 0) is 16.0 Å². The molecule has 244 valence electrons. The number of unbranched alkanes of at least 4 members (excludes halogenated alkanes) is 1. The highest BCUT2D eigenvalue weighted by Gasteiger charge is 2.34. The van der Waals surface area contributed by atoms with E-state index >= 15 is 0 Å². The molecule has 5 nitrogen and oxygen atoms in total. The molecule has 0 saturated carbocycles. The maximum atomic E-state index is 13.7. The quantitative estimate of drug-likeness (QED) is 0.154. The Labute approximate surface area is 269 Å². The van der Waals surface area contributed by atoms with Crippen molar-refractivity contribution in [2.75, 3.05) is 38.0 Å². The molecular formula is C39H62N3O2+. The third-order valence-corrected chi connectivity index (χ3v) is 10.2. The van der Waals surface area contributed by atoms with E-state index in [1.165, 1.54) is 22.3 Å². The predicted octanol–water partition coefficient (Wildman–Crippen LogP) is 8.57. The van der Waals surface area contributed by atoms with Crippen LogP contribution in [0.2, 0.25) is 0 Å². The first kappa shape index (κ1) is 36.0. The van der Waals surface area contributed by atoms with Gasteiger partial charge in [0.1, 0.15) is 6.54 Å². The summed E-state index contributed by atoms with van der Waals surface area (Å²) in [6, 6.07) is 13.1. The number of likely N-dealkylation sites (tertiary alicyclic amines) is 1. The first-order chi connectivity index (χ1) is 20.9. The zero-order valence-corrected chi connectivity index (χ0v) is 29.5. The number of hydrogen-bond acceptors (Lipinski definition) is 3. The van der Waals surface area contributed by atoms with Crippen molar-refractivity contribution in [3.8, 4) is 0 Å². The molecule has 1 heterocycles. The van der Waals surface area contributed by atoms with Crippen molar-refractivity contribution >= 4 is 17.4 Å². The summed E-state index contributed by atoms with van der Waals surface area (Å²) in [4.78, 5) is 29.8. The van der Waals surface area contributed by atoms with Gasteiger partial charge in [0.05, 0.1) is 25.7 Å². The SMILES string of the molecule is CCC[N+](CC)(CCCCN1C(C)CCCC1C(=O)Nc1c(C)cccc1C(C)C)CC(=O)Cc1c(C)cccc1C(C)C. The molecule has 5 heteroatoms. The van der Waals surface area contributed by atoms with Crippen molar-refractivity contribution in [3.63, 3.8) is 0 Å².